The summed E-state index contributed by atoms with van der Waals surface area (Å²) in [7, 11) is 0. The van der Waals surface area contributed by atoms with Crippen LogP contribution in [0.5, 0.6) is 0 Å². The third-order valence-electron chi connectivity index (χ3n) is 4.16. The van der Waals surface area contributed by atoms with E-state index in [0.29, 0.717) is 28.3 Å². The fourth-order valence-electron chi connectivity index (χ4n) is 2.46. The first kappa shape index (κ1) is 20.6. The predicted octanol–water partition coefficient (Wildman–Crippen LogP) is 2.70. The Morgan fingerprint density at radius 2 is 1.87 bits per heavy atom. The minimum Gasteiger partial charge on any atom is -0.383 e. The molecule has 0 bridgehead atoms. The van der Waals surface area contributed by atoms with E-state index >= 15 is 0 Å². The van der Waals surface area contributed by atoms with Crippen LogP contribution in [0, 0.1) is 11.8 Å². The molecule has 5 N–H and O–H groups in total. The molecule has 8 nitrogen and oxygen atoms in total. The first-order valence-electron chi connectivity index (χ1n) is 9.09. The van der Waals surface area contributed by atoms with Crippen molar-refractivity contribution in [1.29, 1.82) is 0 Å². The van der Waals surface area contributed by atoms with Crippen LogP contribution in [-0.2, 0) is 5.41 Å². The number of amides is 2. The molecule has 0 fully saturated rings. The van der Waals surface area contributed by atoms with Crippen LogP contribution >= 0.6 is 0 Å². The van der Waals surface area contributed by atoms with Crippen LogP contribution in [0.2, 0.25) is 0 Å². The summed E-state index contributed by atoms with van der Waals surface area (Å²) in [6.45, 7) is 5.97. The molecule has 1 aromatic carbocycles. The molecule has 0 atom stereocenters. The van der Waals surface area contributed by atoms with E-state index in [4.69, 9.17) is 16.0 Å². The molecule has 0 radical (unpaired) electrons. The number of rotatable bonds is 3. The van der Waals surface area contributed by atoms with Crippen molar-refractivity contribution in [2.45, 2.75) is 26.2 Å². The van der Waals surface area contributed by atoms with E-state index in [2.05, 4.69) is 27.3 Å². The topological polar surface area (TPSA) is 137 Å². The van der Waals surface area contributed by atoms with Crippen LogP contribution in [-0.4, -0.2) is 22.0 Å². The molecule has 0 spiro atoms. The number of carbonyl (C=O) groups is 2. The summed E-state index contributed by atoms with van der Waals surface area (Å²) in [6.07, 6.45) is 1.29. The van der Waals surface area contributed by atoms with Gasteiger partial charge in [0.25, 0.3) is 5.91 Å². The van der Waals surface area contributed by atoms with Crippen LogP contribution in [0.4, 0.5) is 11.6 Å². The number of anilines is 2. The lowest BCUT2D eigenvalue weighted by molar-refractivity contribution is 0.0997. The van der Waals surface area contributed by atoms with Gasteiger partial charge in [0.1, 0.15) is 11.6 Å². The maximum Gasteiger partial charge on any atom is 0.256 e. The Bertz CT molecular complexity index is 1180. The standard InChI is InChI=1S/C22H21N5O3/c1-22(2,3)17-11-18(27-30-17)26-21(29)15-6-4-5-13(9-15)7-8-14-10-16(20(24)28)12-25-19(14)23/h4-6,9-12H,1-3H3,(H2,23,25)(H2,24,28)(H,26,27,29). The Balaban J connectivity index is 1.80. The second-order valence-corrected chi connectivity index (χ2v) is 7.63. The van der Waals surface area contributed by atoms with E-state index in [1.165, 1.54) is 12.3 Å². The highest BCUT2D eigenvalue weighted by molar-refractivity contribution is 6.04. The molecule has 0 aliphatic heterocycles. The summed E-state index contributed by atoms with van der Waals surface area (Å²) >= 11 is 0. The Morgan fingerprint density at radius 1 is 1.10 bits per heavy atom. The minimum absolute atomic E-state index is 0.182. The van der Waals surface area contributed by atoms with Crippen molar-refractivity contribution in [3.05, 3.63) is 70.6 Å². The SMILES string of the molecule is CC(C)(C)c1cc(NC(=O)c2cccc(C#Cc3cc(C(N)=O)cnc3N)c2)no1. The Kier molecular flexibility index (Phi) is 5.56. The Morgan fingerprint density at radius 3 is 2.53 bits per heavy atom. The number of nitrogens with two attached hydrogens (primary N) is 2. The largest absolute Gasteiger partial charge is 0.383 e. The second kappa shape index (κ2) is 8.09. The van der Waals surface area contributed by atoms with Crippen molar-refractivity contribution in [1.82, 2.24) is 10.1 Å². The lowest BCUT2D eigenvalue weighted by Gasteiger charge is -2.12. The number of aromatic nitrogens is 2. The van der Waals surface area contributed by atoms with Gasteiger partial charge in [-0.2, -0.15) is 0 Å². The molecule has 152 valence electrons. The van der Waals surface area contributed by atoms with Gasteiger partial charge in [0.05, 0.1) is 11.1 Å². The van der Waals surface area contributed by atoms with Crippen LogP contribution in [0.15, 0.2) is 47.1 Å². The highest BCUT2D eigenvalue weighted by atomic mass is 16.5. The number of nitrogens with zero attached hydrogens (tertiary/aromatic N) is 2. The highest BCUT2D eigenvalue weighted by Gasteiger charge is 2.20. The summed E-state index contributed by atoms with van der Waals surface area (Å²) in [5.74, 6) is 6.00. The highest BCUT2D eigenvalue weighted by Crippen LogP contribution is 2.24. The molecule has 3 aromatic rings. The van der Waals surface area contributed by atoms with Crippen molar-refractivity contribution >= 4 is 23.5 Å². The molecule has 0 unspecified atom stereocenters. The van der Waals surface area contributed by atoms with Crippen LogP contribution in [0.25, 0.3) is 0 Å². The first-order valence-corrected chi connectivity index (χ1v) is 9.09. The van der Waals surface area contributed by atoms with E-state index in [1.54, 1.807) is 30.3 Å². The zero-order valence-electron chi connectivity index (χ0n) is 16.8. The number of nitrogens with one attached hydrogen (secondary N) is 1. The number of hydrogen-bond donors (Lipinski definition) is 3. The average molecular weight is 403 g/mol. The predicted molar refractivity (Wildman–Crippen MR) is 113 cm³/mol. The molecule has 2 heterocycles. The number of pyridine rings is 1. The fraction of sp³-hybridized carbons (Fsp3) is 0.182. The van der Waals surface area contributed by atoms with Gasteiger partial charge in [0, 0.05) is 28.8 Å². The van der Waals surface area contributed by atoms with E-state index in [0.717, 1.165) is 0 Å². The zero-order chi connectivity index (χ0) is 21.9. The number of primary amides is 1. The van der Waals surface area contributed by atoms with E-state index < -0.39 is 5.91 Å². The second-order valence-electron chi connectivity index (χ2n) is 7.63. The summed E-state index contributed by atoms with van der Waals surface area (Å²) in [5, 5.41) is 6.59. The normalized spacial score (nSPS) is 10.8. The van der Waals surface area contributed by atoms with Crippen LogP contribution < -0.4 is 16.8 Å². The van der Waals surface area contributed by atoms with E-state index in [9.17, 15) is 9.59 Å². The van der Waals surface area contributed by atoms with Gasteiger partial charge in [0.2, 0.25) is 5.91 Å². The maximum atomic E-state index is 12.6. The smallest absolute Gasteiger partial charge is 0.256 e. The molecule has 8 heteroatoms. The van der Waals surface area contributed by atoms with Crippen molar-refractivity contribution in [2.24, 2.45) is 5.73 Å². The van der Waals surface area contributed by atoms with Gasteiger partial charge in [-0.3, -0.25) is 9.59 Å². The first-order chi connectivity index (χ1) is 14.1. The fourth-order valence-corrected chi connectivity index (χ4v) is 2.46. The summed E-state index contributed by atoms with van der Waals surface area (Å²) in [5.41, 5.74) is 12.4. The van der Waals surface area contributed by atoms with Gasteiger partial charge in [-0.1, -0.05) is 43.8 Å². The monoisotopic (exact) mass is 403 g/mol. The Hall–Kier alpha value is -4.12. The lowest BCUT2D eigenvalue weighted by Crippen LogP contribution is -2.12. The van der Waals surface area contributed by atoms with Gasteiger partial charge in [-0.05, 0) is 24.3 Å². The summed E-state index contributed by atoms with van der Waals surface area (Å²) < 4.78 is 5.28. The molecule has 2 amide bonds. The summed E-state index contributed by atoms with van der Waals surface area (Å²) in [6, 6.07) is 9.93. The minimum atomic E-state index is -0.619. The van der Waals surface area contributed by atoms with Crippen molar-refractivity contribution in [3.8, 4) is 11.8 Å². The molecule has 0 aliphatic carbocycles. The summed E-state index contributed by atoms with van der Waals surface area (Å²) in [4.78, 5) is 27.8. The lowest BCUT2D eigenvalue weighted by atomic mass is 9.93. The van der Waals surface area contributed by atoms with Crippen LogP contribution in [0.1, 0.15) is 58.4 Å². The van der Waals surface area contributed by atoms with E-state index in [-0.39, 0.29) is 22.7 Å². The number of nitrogen functional groups attached to an aromatic ring is 1. The van der Waals surface area contributed by atoms with E-state index in [1.807, 2.05) is 20.8 Å². The van der Waals surface area contributed by atoms with Gasteiger partial charge < -0.3 is 21.3 Å². The quantitative estimate of drug-likeness (QED) is 0.575. The maximum absolute atomic E-state index is 12.6. The molecule has 0 aliphatic rings. The number of carbonyl (C=O) groups excluding carboxylic acids is 2. The molecule has 0 saturated carbocycles. The van der Waals surface area contributed by atoms with Gasteiger partial charge in [0.15, 0.2) is 5.82 Å². The third-order valence-corrected chi connectivity index (χ3v) is 4.16. The third kappa shape index (κ3) is 4.83. The molecule has 3 rings (SSSR count). The van der Waals surface area contributed by atoms with Crippen molar-refractivity contribution in [3.63, 3.8) is 0 Å². The molecule has 0 saturated heterocycles. The van der Waals surface area contributed by atoms with Crippen molar-refractivity contribution in [2.75, 3.05) is 11.1 Å². The molecule has 2 aromatic heterocycles. The number of benzene rings is 1. The molecular formula is C22H21N5O3. The van der Waals surface area contributed by atoms with Gasteiger partial charge >= 0.3 is 0 Å². The van der Waals surface area contributed by atoms with Crippen molar-refractivity contribution < 1.29 is 14.1 Å². The van der Waals surface area contributed by atoms with Gasteiger partial charge in [-0.25, -0.2) is 4.98 Å². The molecule has 30 heavy (non-hydrogen) atoms. The number of hydrogen-bond acceptors (Lipinski definition) is 6. The average Bonchev–Trinajstić information content (AvgIpc) is 3.16. The zero-order valence-corrected chi connectivity index (χ0v) is 16.8. The molecular weight excluding hydrogens is 382 g/mol. The van der Waals surface area contributed by atoms with Crippen LogP contribution in [0.3, 0.4) is 0 Å². The Labute approximate surface area is 173 Å². The van der Waals surface area contributed by atoms with Gasteiger partial charge in [-0.15, -0.1) is 0 Å².